The van der Waals surface area contributed by atoms with Gasteiger partial charge in [-0.15, -0.1) is 0 Å². The molecule has 0 spiro atoms. The second-order valence-electron chi connectivity index (χ2n) is 4.04. The van der Waals surface area contributed by atoms with Gasteiger partial charge in [-0.25, -0.2) is 9.18 Å². The van der Waals surface area contributed by atoms with E-state index in [0.717, 1.165) is 12.1 Å². The monoisotopic (exact) mass is 306 g/mol. The first-order valence-corrected chi connectivity index (χ1v) is 6.00. The molecule has 0 radical (unpaired) electrons. The summed E-state index contributed by atoms with van der Waals surface area (Å²) in [7, 11) is 0. The maximum Gasteiger partial charge on any atom is 0.339 e. The molecule has 0 bridgehead atoms. The van der Waals surface area contributed by atoms with E-state index in [1.165, 1.54) is 18.2 Å². The van der Waals surface area contributed by atoms with E-state index in [4.69, 9.17) is 32.4 Å². The predicted molar refractivity (Wildman–Crippen MR) is 74.0 cm³/mol. The van der Waals surface area contributed by atoms with Gasteiger partial charge in [0.15, 0.2) is 17.3 Å². The van der Waals surface area contributed by atoms with E-state index >= 15 is 0 Å². The number of nitrogens with zero attached hydrogens (tertiary/aromatic N) is 1. The number of rotatable bonds is 3. The lowest BCUT2D eigenvalue weighted by molar-refractivity contribution is 0.0694. The molecule has 0 aliphatic heterocycles. The summed E-state index contributed by atoms with van der Waals surface area (Å²) in [6.07, 6.45) is 0. The van der Waals surface area contributed by atoms with Crippen molar-refractivity contribution in [2.24, 2.45) is 0 Å². The van der Waals surface area contributed by atoms with Crippen molar-refractivity contribution in [1.82, 2.24) is 0 Å². The fourth-order valence-corrected chi connectivity index (χ4v) is 1.91. The predicted octanol–water partition coefficient (Wildman–Crippen LogP) is 3.42. The van der Waals surface area contributed by atoms with Gasteiger partial charge in [0.05, 0.1) is 16.7 Å². The van der Waals surface area contributed by atoms with E-state index in [1.807, 2.05) is 0 Å². The zero-order valence-electron chi connectivity index (χ0n) is 10.4. The highest BCUT2D eigenvalue weighted by Gasteiger charge is 2.18. The molecule has 3 N–H and O–H groups in total. The molecule has 0 saturated heterocycles. The lowest BCUT2D eigenvalue weighted by Gasteiger charge is -2.12. The Morgan fingerprint density at radius 1 is 1.38 bits per heavy atom. The molecule has 0 aliphatic carbocycles. The Bertz CT molecular complexity index is 772. The number of nitriles is 1. The number of halogens is 2. The fraction of sp³-hybridized carbons (Fsp3) is 0. The number of anilines is 1. The van der Waals surface area contributed by atoms with Crippen LogP contribution in [0.5, 0.6) is 11.5 Å². The zero-order chi connectivity index (χ0) is 15.6. The molecular formula is C14H8ClFN2O3. The third-order valence-corrected chi connectivity index (χ3v) is 2.85. The van der Waals surface area contributed by atoms with Crippen LogP contribution in [0.3, 0.4) is 0 Å². The summed E-state index contributed by atoms with van der Waals surface area (Å²) in [6, 6.07) is 7.75. The van der Waals surface area contributed by atoms with Crippen LogP contribution in [0, 0.1) is 17.1 Å². The van der Waals surface area contributed by atoms with Crippen LogP contribution >= 0.6 is 11.6 Å². The van der Waals surface area contributed by atoms with Crippen molar-refractivity contribution >= 4 is 23.3 Å². The van der Waals surface area contributed by atoms with Crippen LogP contribution in [0.1, 0.15) is 15.9 Å². The third kappa shape index (κ3) is 3.04. The van der Waals surface area contributed by atoms with Crippen molar-refractivity contribution < 1.29 is 19.0 Å². The summed E-state index contributed by atoms with van der Waals surface area (Å²) in [6.45, 7) is 0. The highest BCUT2D eigenvalue weighted by molar-refractivity contribution is 6.33. The van der Waals surface area contributed by atoms with Crippen molar-refractivity contribution in [2.45, 2.75) is 0 Å². The largest absolute Gasteiger partial charge is 0.478 e. The molecule has 0 fully saturated rings. The molecule has 0 aliphatic rings. The first-order valence-electron chi connectivity index (χ1n) is 5.62. The average Bonchev–Trinajstić information content (AvgIpc) is 2.42. The fourth-order valence-electron chi connectivity index (χ4n) is 1.64. The topological polar surface area (TPSA) is 96.3 Å². The number of carbonyl (C=O) groups is 1. The molecular weight excluding hydrogens is 299 g/mol. The molecule has 0 amide bonds. The summed E-state index contributed by atoms with van der Waals surface area (Å²) in [4.78, 5) is 11.2. The van der Waals surface area contributed by atoms with Crippen LogP contribution in [0.2, 0.25) is 5.02 Å². The van der Waals surface area contributed by atoms with Gasteiger partial charge in [0.1, 0.15) is 5.56 Å². The molecule has 2 aromatic rings. The van der Waals surface area contributed by atoms with E-state index in [2.05, 4.69) is 0 Å². The van der Waals surface area contributed by atoms with E-state index in [9.17, 15) is 9.18 Å². The summed E-state index contributed by atoms with van der Waals surface area (Å²) < 4.78 is 19.0. The average molecular weight is 307 g/mol. The highest BCUT2D eigenvalue weighted by Crippen LogP contribution is 2.36. The number of ether oxygens (including phenoxy) is 1. The van der Waals surface area contributed by atoms with Crippen molar-refractivity contribution in [3.8, 4) is 17.6 Å². The van der Waals surface area contributed by atoms with Gasteiger partial charge in [-0.3, -0.25) is 0 Å². The minimum atomic E-state index is -1.31. The van der Waals surface area contributed by atoms with Crippen molar-refractivity contribution in [2.75, 3.05) is 5.73 Å². The minimum Gasteiger partial charge on any atom is -0.478 e. The number of carboxylic acid groups (broad SMARTS) is 1. The lowest BCUT2D eigenvalue weighted by atomic mass is 10.1. The molecule has 0 heterocycles. The standard InChI is InChI=1S/C14H8ClFN2O3/c15-10-5-8(18)4-9(14(19)20)13(10)21-12-2-1-7(6-17)3-11(12)16/h1-5H,18H2,(H,19,20). The van der Waals surface area contributed by atoms with E-state index < -0.39 is 11.8 Å². The number of hydrogen-bond donors (Lipinski definition) is 2. The Hall–Kier alpha value is -2.78. The van der Waals surface area contributed by atoms with Crippen LogP contribution in [0.25, 0.3) is 0 Å². The number of carboxylic acids is 1. The van der Waals surface area contributed by atoms with E-state index in [1.54, 1.807) is 6.07 Å². The van der Waals surface area contributed by atoms with Gasteiger partial charge in [0, 0.05) is 5.69 Å². The number of nitrogen functional groups attached to an aromatic ring is 1. The maximum atomic E-state index is 13.8. The quantitative estimate of drug-likeness (QED) is 0.847. The Kier molecular flexibility index (Phi) is 3.96. The Morgan fingerprint density at radius 3 is 2.67 bits per heavy atom. The first kappa shape index (κ1) is 14.6. The third-order valence-electron chi connectivity index (χ3n) is 2.57. The SMILES string of the molecule is N#Cc1ccc(Oc2c(Cl)cc(N)cc2C(=O)O)c(F)c1. The summed E-state index contributed by atoms with van der Waals surface area (Å²) >= 11 is 5.90. The first-order chi connectivity index (χ1) is 9.92. The molecule has 0 atom stereocenters. The molecule has 21 heavy (non-hydrogen) atoms. The summed E-state index contributed by atoms with van der Waals surface area (Å²) in [5, 5.41) is 17.7. The second-order valence-corrected chi connectivity index (χ2v) is 4.45. The normalized spacial score (nSPS) is 9.95. The summed E-state index contributed by atoms with van der Waals surface area (Å²) in [5.74, 6) is -2.59. The van der Waals surface area contributed by atoms with Gasteiger partial charge in [-0.1, -0.05) is 11.6 Å². The van der Waals surface area contributed by atoms with E-state index in [-0.39, 0.29) is 33.3 Å². The van der Waals surface area contributed by atoms with Gasteiger partial charge in [0.25, 0.3) is 0 Å². The lowest BCUT2D eigenvalue weighted by Crippen LogP contribution is -2.03. The Labute approximate surface area is 123 Å². The van der Waals surface area contributed by atoms with Crippen molar-refractivity contribution in [3.05, 3.63) is 52.3 Å². The molecule has 5 nitrogen and oxygen atoms in total. The van der Waals surface area contributed by atoms with Crippen LogP contribution in [0.4, 0.5) is 10.1 Å². The number of benzene rings is 2. The highest BCUT2D eigenvalue weighted by atomic mass is 35.5. The summed E-state index contributed by atoms with van der Waals surface area (Å²) in [5.41, 5.74) is 5.48. The van der Waals surface area contributed by atoms with Crippen LogP contribution in [-0.4, -0.2) is 11.1 Å². The van der Waals surface area contributed by atoms with Crippen LogP contribution in [0.15, 0.2) is 30.3 Å². The number of aromatic carboxylic acids is 1. The molecule has 0 unspecified atom stereocenters. The van der Waals surface area contributed by atoms with Crippen LogP contribution < -0.4 is 10.5 Å². The van der Waals surface area contributed by atoms with Crippen molar-refractivity contribution in [1.29, 1.82) is 5.26 Å². The maximum absolute atomic E-state index is 13.8. The smallest absolute Gasteiger partial charge is 0.339 e. The molecule has 2 aromatic carbocycles. The molecule has 0 saturated carbocycles. The van der Waals surface area contributed by atoms with Gasteiger partial charge in [-0.2, -0.15) is 5.26 Å². The van der Waals surface area contributed by atoms with Gasteiger partial charge in [-0.05, 0) is 30.3 Å². The van der Waals surface area contributed by atoms with E-state index in [0.29, 0.717) is 0 Å². The molecule has 0 aromatic heterocycles. The Morgan fingerprint density at radius 2 is 2.10 bits per heavy atom. The molecule has 7 heteroatoms. The van der Waals surface area contributed by atoms with Gasteiger partial charge < -0.3 is 15.6 Å². The van der Waals surface area contributed by atoms with Gasteiger partial charge >= 0.3 is 5.97 Å². The minimum absolute atomic E-state index is 0.0591. The Balaban J connectivity index is 2.49. The number of hydrogen-bond acceptors (Lipinski definition) is 4. The van der Waals surface area contributed by atoms with Crippen LogP contribution in [-0.2, 0) is 0 Å². The van der Waals surface area contributed by atoms with Crippen molar-refractivity contribution in [3.63, 3.8) is 0 Å². The number of nitrogens with two attached hydrogens (primary N) is 1. The van der Waals surface area contributed by atoms with Gasteiger partial charge in [0.2, 0.25) is 0 Å². The zero-order valence-corrected chi connectivity index (χ0v) is 11.2. The molecule has 106 valence electrons. The second kappa shape index (κ2) is 5.69. The molecule has 2 rings (SSSR count).